The van der Waals surface area contributed by atoms with Crippen LogP contribution < -0.4 is 5.32 Å². The molecule has 2 N–H and O–H groups in total. The molecule has 5 nitrogen and oxygen atoms in total. The standard InChI is InChI=1S/C21H14N2O3S/c22-11-12-6-8-13(9-7-12)15-10-16(24)23-18-17(14-4-2-1-3-5-14)20(21(25)26)27-19(15)18/h1-9,15H,10H2,(H,23,24)(H,25,26). The number of carboxylic acids is 1. The Morgan fingerprint density at radius 3 is 2.48 bits per heavy atom. The van der Waals surface area contributed by atoms with Crippen molar-refractivity contribution in [1.82, 2.24) is 0 Å². The molecule has 0 aliphatic carbocycles. The Kier molecular flexibility index (Phi) is 4.22. The fraction of sp³-hybridized carbons (Fsp3) is 0.0952. The summed E-state index contributed by atoms with van der Waals surface area (Å²) >= 11 is 1.20. The van der Waals surface area contributed by atoms with Crippen molar-refractivity contribution in [3.8, 4) is 17.2 Å². The predicted molar refractivity (Wildman–Crippen MR) is 103 cm³/mol. The van der Waals surface area contributed by atoms with Gasteiger partial charge in [-0.05, 0) is 23.3 Å². The second kappa shape index (κ2) is 6.71. The van der Waals surface area contributed by atoms with Crippen molar-refractivity contribution in [3.63, 3.8) is 0 Å². The van der Waals surface area contributed by atoms with Crippen molar-refractivity contribution in [3.05, 3.63) is 75.5 Å². The van der Waals surface area contributed by atoms with Crippen molar-refractivity contribution < 1.29 is 14.7 Å². The molecule has 0 bridgehead atoms. The number of nitrogens with zero attached hydrogens (tertiary/aromatic N) is 1. The number of nitriles is 1. The number of carbonyl (C=O) groups excluding carboxylic acids is 1. The summed E-state index contributed by atoms with van der Waals surface area (Å²) in [4.78, 5) is 25.3. The van der Waals surface area contributed by atoms with Crippen LogP contribution in [0.3, 0.4) is 0 Å². The Morgan fingerprint density at radius 1 is 1.15 bits per heavy atom. The quantitative estimate of drug-likeness (QED) is 0.708. The Bertz CT molecular complexity index is 1080. The highest BCUT2D eigenvalue weighted by Gasteiger charge is 2.34. The van der Waals surface area contributed by atoms with Crippen LogP contribution in [-0.4, -0.2) is 17.0 Å². The lowest BCUT2D eigenvalue weighted by atomic mass is 9.88. The molecule has 3 aromatic rings. The molecule has 4 rings (SSSR count). The Hall–Kier alpha value is -3.43. The smallest absolute Gasteiger partial charge is 0.346 e. The van der Waals surface area contributed by atoms with E-state index in [9.17, 15) is 14.7 Å². The maximum Gasteiger partial charge on any atom is 0.346 e. The van der Waals surface area contributed by atoms with Gasteiger partial charge in [-0.25, -0.2) is 4.79 Å². The summed E-state index contributed by atoms with van der Waals surface area (Å²) in [6.07, 6.45) is 0.243. The number of hydrogen-bond donors (Lipinski definition) is 2. The zero-order valence-electron chi connectivity index (χ0n) is 14.1. The summed E-state index contributed by atoms with van der Waals surface area (Å²) in [6, 6.07) is 18.4. The number of rotatable bonds is 3. The maximum atomic E-state index is 12.4. The van der Waals surface area contributed by atoms with Crippen LogP contribution in [0.15, 0.2) is 54.6 Å². The van der Waals surface area contributed by atoms with E-state index in [1.807, 2.05) is 42.5 Å². The van der Waals surface area contributed by atoms with Crippen molar-refractivity contribution in [1.29, 1.82) is 5.26 Å². The summed E-state index contributed by atoms with van der Waals surface area (Å²) < 4.78 is 0. The van der Waals surface area contributed by atoms with E-state index in [0.717, 1.165) is 16.0 Å². The molecule has 0 spiro atoms. The van der Waals surface area contributed by atoms with E-state index in [0.29, 0.717) is 16.8 Å². The number of nitrogens with one attached hydrogen (secondary N) is 1. The molecule has 0 fully saturated rings. The molecule has 0 saturated heterocycles. The minimum Gasteiger partial charge on any atom is -0.477 e. The molecule has 0 radical (unpaired) electrons. The topological polar surface area (TPSA) is 90.2 Å². The Labute approximate surface area is 159 Å². The fourth-order valence-corrected chi connectivity index (χ4v) is 4.62. The summed E-state index contributed by atoms with van der Waals surface area (Å²) in [6.45, 7) is 0. The number of anilines is 1. The van der Waals surface area contributed by atoms with Gasteiger partial charge in [0.15, 0.2) is 0 Å². The molecule has 1 amide bonds. The SMILES string of the molecule is N#Cc1ccc(C2CC(=O)Nc3c2sc(C(=O)O)c3-c2ccccc2)cc1. The first kappa shape index (κ1) is 17.0. The fourth-order valence-electron chi connectivity index (χ4n) is 3.38. The van der Waals surface area contributed by atoms with E-state index in [4.69, 9.17) is 5.26 Å². The number of fused-ring (bicyclic) bond motifs is 1. The van der Waals surface area contributed by atoms with Crippen LogP contribution in [0, 0.1) is 11.3 Å². The van der Waals surface area contributed by atoms with E-state index in [-0.39, 0.29) is 23.1 Å². The number of hydrogen-bond acceptors (Lipinski definition) is 4. The molecule has 0 saturated carbocycles. The van der Waals surface area contributed by atoms with Gasteiger partial charge < -0.3 is 10.4 Å². The average molecular weight is 374 g/mol. The molecule has 1 aromatic heterocycles. The van der Waals surface area contributed by atoms with Crippen molar-refractivity contribution >= 4 is 28.9 Å². The lowest BCUT2D eigenvalue weighted by Crippen LogP contribution is -2.22. The van der Waals surface area contributed by atoms with Gasteiger partial charge in [-0.3, -0.25) is 4.79 Å². The second-order valence-electron chi connectivity index (χ2n) is 6.26. The van der Waals surface area contributed by atoms with Crippen molar-refractivity contribution in [2.24, 2.45) is 0 Å². The molecule has 1 atom stereocenters. The molecule has 1 aliphatic heterocycles. The first-order valence-electron chi connectivity index (χ1n) is 8.33. The van der Waals surface area contributed by atoms with Crippen LogP contribution in [0.1, 0.15) is 38.0 Å². The molecule has 1 aliphatic rings. The van der Waals surface area contributed by atoms with Gasteiger partial charge >= 0.3 is 5.97 Å². The Balaban J connectivity index is 1.91. The largest absolute Gasteiger partial charge is 0.477 e. The first-order valence-corrected chi connectivity index (χ1v) is 9.15. The molecule has 1 unspecified atom stereocenters. The average Bonchev–Trinajstić information content (AvgIpc) is 3.07. The number of thiophene rings is 1. The minimum absolute atomic E-state index is 0.149. The lowest BCUT2D eigenvalue weighted by Gasteiger charge is -2.24. The van der Waals surface area contributed by atoms with Crippen LogP contribution >= 0.6 is 11.3 Å². The van der Waals surface area contributed by atoms with Gasteiger partial charge in [-0.2, -0.15) is 5.26 Å². The summed E-state index contributed by atoms with van der Waals surface area (Å²) in [5.41, 5.74) is 3.32. The number of carboxylic acid groups (broad SMARTS) is 1. The Morgan fingerprint density at radius 2 is 1.85 bits per heavy atom. The third kappa shape index (κ3) is 2.98. The van der Waals surface area contributed by atoms with Crippen molar-refractivity contribution in [2.45, 2.75) is 12.3 Å². The third-order valence-corrected chi connectivity index (χ3v) is 5.90. The maximum absolute atomic E-state index is 12.4. The van der Waals surface area contributed by atoms with E-state index in [1.165, 1.54) is 11.3 Å². The third-order valence-electron chi connectivity index (χ3n) is 4.60. The van der Waals surface area contributed by atoms with E-state index >= 15 is 0 Å². The van der Waals surface area contributed by atoms with Crippen LogP contribution in [-0.2, 0) is 4.79 Å². The van der Waals surface area contributed by atoms with Gasteiger partial charge in [0.05, 0.1) is 17.3 Å². The monoisotopic (exact) mass is 374 g/mol. The van der Waals surface area contributed by atoms with Gasteiger partial charge in [-0.1, -0.05) is 42.5 Å². The predicted octanol–water partition coefficient (Wildman–Crippen LogP) is 4.46. The van der Waals surface area contributed by atoms with Crippen LogP contribution in [0.2, 0.25) is 0 Å². The van der Waals surface area contributed by atoms with E-state index in [2.05, 4.69) is 11.4 Å². The molecule has 27 heavy (non-hydrogen) atoms. The normalized spacial score (nSPS) is 15.5. The number of benzene rings is 2. The van der Waals surface area contributed by atoms with E-state index in [1.54, 1.807) is 12.1 Å². The van der Waals surface area contributed by atoms with Crippen LogP contribution in [0.5, 0.6) is 0 Å². The zero-order valence-corrected chi connectivity index (χ0v) is 14.9. The lowest BCUT2D eigenvalue weighted by molar-refractivity contribution is -0.116. The van der Waals surface area contributed by atoms with Gasteiger partial charge in [-0.15, -0.1) is 11.3 Å². The number of amides is 1. The highest BCUT2D eigenvalue weighted by molar-refractivity contribution is 7.15. The van der Waals surface area contributed by atoms with E-state index < -0.39 is 5.97 Å². The first-order chi connectivity index (χ1) is 13.1. The van der Waals surface area contributed by atoms with Gasteiger partial charge in [0.1, 0.15) is 4.88 Å². The second-order valence-corrected chi connectivity index (χ2v) is 7.31. The molecule has 6 heteroatoms. The van der Waals surface area contributed by atoms with Gasteiger partial charge in [0.2, 0.25) is 5.91 Å². The number of carbonyl (C=O) groups is 2. The summed E-state index contributed by atoms with van der Waals surface area (Å²) in [7, 11) is 0. The number of aromatic carboxylic acids is 1. The molecule has 2 aromatic carbocycles. The molecule has 2 heterocycles. The van der Waals surface area contributed by atoms with Gasteiger partial charge in [0.25, 0.3) is 0 Å². The molecular formula is C21H14N2O3S. The zero-order chi connectivity index (χ0) is 19.0. The van der Waals surface area contributed by atoms with Crippen LogP contribution in [0.25, 0.3) is 11.1 Å². The van der Waals surface area contributed by atoms with Crippen LogP contribution in [0.4, 0.5) is 5.69 Å². The molecular weight excluding hydrogens is 360 g/mol. The molecule has 132 valence electrons. The summed E-state index contributed by atoms with van der Waals surface area (Å²) in [5, 5.41) is 21.6. The highest BCUT2D eigenvalue weighted by Crippen LogP contribution is 2.49. The highest BCUT2D eigenvalue weighted by atomic mass is 32.1. The van der Waals surface area contributed by atoms with Gasteiger partial charge in [0, 0.05) is 22.8 Å². The van der Waals surface area contributed by atoms with Crippen molar-refractivity contribution in [2.75, 3.05) is 5.32 Å². The minimum atomic E-state index is -1.01. The summed E-state index contributed by atoms with van der Waals surface area (Å²) in [5.74, 6) is -1.40.